The molecule has 1 aromatic heterocycles. The maximum Gasteiger partial charge on any atom is 0.260 e. The number of carbonyl (C=O) groups is 1. The highest BCUT2D eigenvalue weighted by Crippen LogP contribution is 2.34. The highest BCUT2D eigenvalue weighted by molar-refractivity contribution is 7.89. The quantitative estimate of drug-likeness (QED) is 0.292. The van der Waals surface area contributed by atoms with Gasteiger partial charge >= 0.3 is 0 Å². The van der Waals surface area contributed by atoms with Crippen LogP contribution in [0.5, 0.6) is 0 Å². The van der Waals surface area contributed by atoms with Crippen LogP contribution in [-0.4, -0.2) is 36.7 Å². The first kappa shape index (κ1) is 24.9. The van der Waals surface area contributed by atoms with Crippen molar-refractivity contribution in [1.82, 2.24) is 9.29 Å². The minimum atomic E-state index is -3.60. The summed E-state index contributed by atoms with van der Waals surface area (Å²) < 4.78 is 28.7. The number of carbonyl (C=O) groups excluding carboxylic acids is 1. The number of anilines is 1. The van der Waals surface area contributed by atoms with E-state index < -0.39 is 10.0 Å². The second-order valence-electron chi connectivity index (χ2n) is 9.09. The number of para-hydroxylation sites is 1. The Morgan fingerprint density at radius 2 is 1.83 bits per heavy atom. The molecule has 4 aromatic rings. The molecule has 0 aliphatic carbocycles. The number of amides is 1. The first-order valence-electron chi connectivity index (χ1n) is 11.8. The van der Waals surface area contributed by atoms with Crippen LogP contribution in [-0.2, 0) is 16.6 Å². The largest absolute Gasteiger partial charge is 0.279 e. The van der Waals surface area contributed by atoms with Gasteiger partial charge in [0.15, 0.2) is 5.13 Å². The molecule has 0 saturated carbocycles. The molecule has 6 nitrogen and oxygen atoms in total. The SMILES string of the molecule is CC1CCCN(S(=O)(=O)c2ccc(C(=O)N(Cc3ccccc3)c3nc4c(Cl)cccc4s3)cc2)C1. The van der Waals surface area contributed by atoms with E-state index in [0.717, 1.165) is 23.1 Å². The van der Waals surface area contributed by atoms with Gasteiger partial charge in [0.25, 0.3) is 5.91 Å². The number of hydrogen-bond donors (Lipinski definition) is 0. The van der Waals surface area contributed by atoms with Gasteiger partial charge < -0.3 is 0 Å². The van der Waals surface area contributed by atoms with E-state index in [-0.39, 0.29) is 10.8 Å². The van der Waals surface area contributed by atoms with Crippen molar-refractivity contribution < 1.29 is 13.2 Å². The van der Waals surface area contributed by atoms with E-state index in [2.05, 4.69) is 11.9 Å². The number of piperidine rings is 1. The third-order valence-corrected chi connectivity index (χ3v) is 9.60. The average Bonchev–Trinajstić information content (AvgIpc) is 3.33. The predicted octanol–water partition coefficient (Wildman–Crippen LogP) is 6.22. The Hall–Kier alpha value is -2.78. The first-order valence-corrected chi connectivity index (χ1v) is 14.5. The molecular formula is C27H26ClN3O3S2. The van der Waals surface area contributed by atoms with Crippen molar-refractivity contribution in [2.45, 2.75) is 31.2 Å². The zero-order valence-corrected chi connectivity index (χ0v) is 22.2. The number of rotatable bonds is 6. The molecule has 1 saturated heterocycles. The zero-order valence-electron chi connectivity index (χ0n) is 19.8. The van der Waals surface area contributed by atoms with E-state index in [9.17, 15) is 13.2 Å². The highest BCUT2D eigenvalue weighted by Gasteiger charge is 2.29. The van der Waals surface area contributed by atoms with Gasteiger partial charge in [-0.05, 0) is 60.7 Å². The van der Waals surface area contributed by atoms with E-state index in [1.807, 2.05) is 42.5 Å². The normalized spacial score (nSPS) is 16.8. The molecular weight excluding hydrogens is 514 g/mol. The van der Waals surface area contributed by atoms with Crippen LogP contribution in [0, 0.1) is 5.92 Å². The van der Waals surface area contributed by atoms with Gasteiger partial charge in [-0.1, -0.05) is 66.3 Å². The van der Waals surface area contributed by atoms with Crippen molar-refractivity contribution in [1.29, 1.82) is 0 Å². The number of aromatic nitrogens is 1. The fraction of sp³-hybridized carbons (Fsp3) is 0.259. The highest BCUT2D eigenvalue weighted by atomic mass is 35.5. The minimum absolute atomic E-state index is 0.203. The topological polar surface area (TPSA) is 70.6 Å². The minimum Gasteiger partial charge on any atom is -0.279 e. The smallest absolute Gasteiger partial charge is 0.260 e. The van der Waals surface area contributed by atoms with Crippen molar-refractivity contribution >= 4 is 54.2 Å². The summed E-state index contributed by atoms with van der Waals surface area (Å²) in [5, 5.41) is 1.06. The Labute approximate surface area is 220 Å². The molecule has 5 rings (SSSR count). The van der Waals surface area contributed by atoms with Crippen LogP contribution in [0.3, 0.4) is 0 Å². The Bertz CT molecular complexity index is 1490. The molecule has 1 aliphatic rings. The Balaban J connectivity index is 1.46. The summed E-state index contributed by atoms with van der Waals surface area (Å²) in [6, 6.07) is 21.5. The number of thiazole rings is 1. The van der Waals surface area contributed by atoms with Crippen LogP contribution in [0.2, 0.25) is 5.02 Å². The van der Waals surface area contributed by atoms with Gasteiger partial charge in [-0.15, -0.1) is 0 Å². The van der Waals surface area contributed by atoms with Crippen LogP contribution >= 0.6 is 22.9 Å². The standard InChI is InChI=1S/C27H26ClN3O3S2/c1-19-7-6-16-30(17-19)36(33,34)22-14-12-21(13-15-22)26(32)31(18-20-8-3-2-4-9-20)27-29-25-23(28)10-5-11-24(25)35-27/h2-5,8-15,19H,6-7,16-18H2,1H3. The number of halogens is 1. The van der Waals surface area contributed by atoms with E-state index in [4.69, 9.17) is 11.6 Å². The van der Waals surface area contributed by atoms with Gasteiger partial charge in [-0.25, -0.2) is 13.4 Å². The van der Waals surface area contributed by atoms with E-state index >= 15 is 0 Å². The monoisotopic (exact) mass is 539 g/mol. The molecule has 0 spiro atoms. The Kier molecular flexibility index (Phi) is 7.12. The second kappa shape index (κ2) is 10.3. The lowest BCUT2D eigenvalue weighted by atomic mass is 10.0. The van der Waals surface area contributed by atoms with Crippen molar-refractivity contribution in [3.8, 4) is 0 Å². The number of benzene rings is 3. The van der Waals surface area contributed by atoms with E-state index in [0.29, 0.717) is 46.8 Å². The molecule has 1 amide bonds. The second-order valence-corrected chi connectivity index (χ2v) is 12.4. The number of nitrogens with zero attached hydrogens (tertiary/aromatic N) is 3. The predicted molar refractivity (Wildman–Crippen MR) is 145 cm³/mol. The zero-order chi connectivity index (χ0) is 25.3. The molecule has 3 aromatic carbocycles. The van der Waals surface area contributed by atoms with Crippen molar-refractivity contribution in [2.75, 3.05) is 18.0 Å². The lowest BCUT2D eigenvalue weighted by Crippen LogP contribution is -2.39. The first-order chi connectivity index (χ1) is 17.3. The van der Waals surface area contributed by atoms with E-state index in [1.165, 1.54) is 23.5 Å². The summed E-state index contributed by atoms with van der Waals surface area (Å²) in [6.07, 6.45) is 1.89. The fourth-order valence-electron chi connectivity index (χ4n) is 4.45. The summed E-state index contributed by atoms with van der Waals surface area (Å²) in [6.45, 7) is 3.44. The van der Waals surface area contributed by atoms with Crippen molar-refractivity contribution in [2.24, 2.45) is 5.92 Å². The van der Waals surface area contributed by atoms with E-state index in [1.54, 1.807) is 27.4 Å². The van der Waals surface area contributed by atoms with Gasteiger partial charge in [0.05, 0.1) is 21.2 Å². The van der Waals surface area contributed by atoms with Gasteiger partial charge in [0, 0.05) is 18.7 Å². The Morgan fingerprint density at radius 1 is 1.08 bits per heavy atom. The van der Waals surface area contributed by atoms with Crippen LogP contribution in [0.4, 0.5) is 5.13 Å². The van der Waals surface area contributed by atoms with Crippen LogP contribution < -0.4 is 4.90 Å². The van der Waals surface area contributed by atoms with Crippen molar-refractivity contribution in [3.05, 3.63) is 88.9 Å². The summed E-state index contributed by atoms with van der Waals surface area (Å²) in [7, 11) is -3.60. The average molecular weight is 540 g/mol. The molecule has 0 N–H and O–H groups in total. The van der Waals surface area contributed by atoms with Gasteiger partial charge in [0.1, 0.15) is 5.52 Å². The van der Waals surface area contributed by atoms with Crippen molar-refractivity contribution in [3.63, 3.8) is 0 Å². The summed E-state index contributed by atoms with van der Waals surface area (Å²) in [5.41, 5.74) is 2.00. The van der Waals surface area contributed by atoms with Crippen LogP contribution in [0.1, 0.15) is 35.7 Å². The summed E-state index contributed by atoms with van der Waals surface area (Å²) >= 11 is 7.74. The fourth-order valence-corrected chi connectivity index (χ4v) is 7.31. The lowest BCUT2D eigenvalue weighted by Gasteiger charge is -2.30. The maximum absolute atomic E-state index is 13.7. The molecule has 0 radical (unpaired) electrons. The number of fused-ring (bicyclic) bond motifs is 1. The number of sulfonamides is 1. The molecule has 1 aliphatic heterocycles. The molecule has 9 heteroatoms. The Morgan fingerprint density at radius 3 is 2.53 bits per heavy atom. The lowest BCUT2D eigenvalue weighted by molar-refractivity contribution is 0.0985. The molecule has 2 heterocycles. The molecule has 1 unspecified atom stereocenters. The maximum atomic E-state index is 13.7. The molecule has 36 heavy (non-hydrogen) atoms. The van der Waals surface area contributed by atoms with Gasteiger partial charge in [0.2, 0.25) is 10.0 Å². The van der Waals surface area contributed by atoms with Crippen LogP contribution in [0.15, 0.2) is 77.7 Å². The van der Waals surface area contributed by atoms with Gasteiger partial charge in [-0.3, -0.25) is 9.69 Å². The molecule has 1 atom stereocenters. The number of hydrogen-bond acceptors (Lipinski definition) is 5. The van der Waals surface area contributed by atoms with Gasteiger partial charge in [-0.2, -0.15) is 4.31 Å². The molecule has 1 fully saturated rings. The third kappa shape index (κ3) is 5.04. The van der Waals surface area contributed by atoms with Crippen LogP contribution in [0.25, 0.3) is 10.2 Å². The summed E-state index contributed by atoms with van der Waals surface area (Å²) in [4.78, 5) is 20.2. The summed E-state index contributed by atoms with van der Waals surface area (Å²) in [5.74, 6) is 0.0767. The molecule has 186 valence electrons. The molecule has 0 bridgehead atoms. The third-order valence-electron chi connectivity index (χ3n) is 6.38.